The van der Waals surface area contributed by atoms with E-state index in [9.17, 15) is 9.50 Å². The average molecular weight is 302 g/mol. The van der Waals surface area contributed by atoms with Crippen LogP contribution in [0.5, 0.6) is 5.75 Å². The van der Waals surface area contributed by atoms with Gasteiger partial charge in [0.2, 0.25) is 0 Å². The minimum atomic E-state index is -0.457. The lowest BCUT2D eigenvalue weighted by Gasteiger charge is -2.08. The molecule has 0 saturated carbocycles. The summed E-state index contributed by atoms with van der Waals surface area (Å²) in [6.45, 7) is 0. The summed E-state index contributed by atoms with van der Waals surface area (Å²) >= 11 is 9.19. The zero-order valence-corrected chi connectivity index (χ0v) is 10.4. The van der Waals surface area contributed by atoms with Crippen molar-refractivity contribution in [2.45, 2.75) is 0 Å². The molecular formula is C12H7BrClFO. The van der Waals surface area contributed by atoms with Crippen LogP contribution >= 0.6 is 27.5 Å². The fourth-order valence-corrected chi connectivity index (χ4v) is 2.09. The molecule has 1 N–H and O–H groups in total. The van der Waals surface area contributed by atoms with Crippen molar-refractivity contribution in [2.75, 3.05) is 0 Å². The van der Waals surface area contributed by atoms with Gasteiger partial charge in [0.25, 0.3) is 0 Å². The number of hydrogen-bond donors (Lipinski definition) is 1. The van der Waals surface area contributed by atoms with Crippen molar-refractivity contribution < 1.29 is 9.50 Å². The maximum absolute atomic E-state index is 13.6. The van der Waals surface area contributed by atoms with E-state index in [1.165, 1.54) is 18.2 Å². The summed E-state index contributed by atoms with van der Waals surface area (Å²) < 4.78 is 14.4. The minimum Gasteiger partial charge on any atom is -0.507 e. The second kappa shape index (κ2) is 4.44. The highest BCUT2D eigenvalue weighted by Crippen LogP contribution is 2.37. The molecule has 16 heavy (non-hydrogen) atoms. The van der Waals surface area contributed by atoms with E-state index in [4.69, 9.17) is 11.6 Å². The van der Waals surface area contributed by atoms with Gasteiger partial charge in [0.05, 0.1) is 5.02 Å². The Labute approximate surface area is 106 Å². The molecule has 0 fully saturated rings. The summed E-state index contributed by atoms with van der Waals surface area (Å²) in [4.78, 5) is 0. The van der Waals surface area contributed by atoms with Gasteiger partial charge in [-0.3, -0.25) is 0 Å². The number of phenols is 1. The highest BCUT2D eigenvalue weighted by Gasteiger charge is 2.13. The van der Waals surface area contributed by atoms with E-state index in [1.54, 1.807) is 18.2 Å². The average Bonchev–Trinajstić information content (AvgIpc) is 2.23. The third kappa shape index (κ3) is 2.06. The Morgan fingerprint density at radius 2 is 1.94 bits per heavy atom. The molecule has 0 atom stereocenters. The Morgan fingerprint density at radius 3 is 2.62 bits per heavy atom. The molecule has 0 amide bonds. The van der Waals surface area contributed by atoms with Crippen LogP contribution in [0, 0.1) is 5.82 Å². The van der Waals surface area contributed by atoms with Gasteiger partial charge in [0.15, 0.2) is 0 Å². The van der Waals surface area contributed by atoms with Crippen LogP contribution in [0.4, 0.5) is 4.39 Å². The highest BCUT2D eigenvalue weighted by atomic mass is 79.9. The number of aromatic hydroxyl groups is 1. The topological polar surface area (TPSA) is 20.2 Å². The normalized spacial score (nSPS) is 10.4. The molecule has 0 aliphatic carbocycles. The summed E-state index contributed by atoms with van der Waals surface area (Å²) in [6.07, 6.45) is 0. The zero-order valence-electron chi connectivity index (χ0n) is 8.05. The lowest BCUT2D eigenvalue weighted by molar-refractivity contribution is 0.476. The van der Waals surface area contributed by atoms with Crippen molar-refractivity contribution >= 4 is 27.5 Å². The number of phenolic OH excluding ortho intramolecular Hbond substituents is 1. The summed E-state index contributed by atoms with van der Waals surface area (Å²) in [6, 6.07) is 9.20. The number of benzene rings is 2. The van der Waals surface area contributed by atoms with Crippen LogP contribution in [0.2, 0.25) is 5.02 Å². The van der Waals surface area contributed by atoms with Gasteiger partial charge in [0, 0.05) is 15.6 Å². The predicted octanol–water partition coefficient (Wildman–Crippen LogP) is 4.61. The van der Waals surface area contributed by atoms with Crippen LogP contribution in [0.1, 0.15) is 0 Å². The molecule has 0 unspecified atom stereocenters. The van der Waals surface area contributed by atoms with Gasteiger partial charge in [-0.2, -0.15) is 0 Å². The minimum absolute atomic E-state index is 0.00444. The van der Waals surface area contributed by atoms with Gasteiger partial charge in [-0.05, 0) is 30.3 Å². The zero-order chi connectivity index (χ0) is 11.7. The molecule has 2 aromatic carbocycles. The van der Waals surface area contributed by atoms with E-state index < -0.39 is 5.82 Å². The molecular weight excluding hydrogens is 294 g/mol. The van der Waals surface area contributed by atoms with E-state index in [-0.39, 0.29) is 16.3 Å². The predicted molar refractivity (Wildman–Crippen MR) is 66.2 cm³/mol. The summed E-state index contributed by atoms with van der Waals surface area (Å²) in [7, 11) is 0. The SMILES string of the molecule is Oc1ccc(Br)cc1-c1c(F)cccc1Cl. The molecule has 0 saturated heterocycles. The van der Waals surface area contributed by atoms with Crippen LogP contribution in [-0.4, -0.2) is 5.11 Å². The van der Waals surface area contributed by atoms with Gasteiger partial charge in [-0.25, -0.2) is 4.39 Å². The van der Waals surface area contributed by atoms with Crippen LogP contribution in [0.3, 0.4) is 0 Å². The van der Waals surface area contributed by atoms with Crippen molar-refractivity contribution in [3.05, 3.63) is 51.7 Å². The summed E-state index contributed by atoms with van der Waals surface area (Å²) in [5, 5.41) is 9.96. The largest absolute Gasteiger partial charge is 0.507 e. The molecule has 0 bridgehead atoms. The Balaban J connectivity index is 2.72. The van der Waals surface area contributed by atoms with Crippen LogP contribution in [-0.2, 0) is 0 Å². The first-order chi connectivity index (χ1) is 7.59. The molecule has 0 aromatic heterocycles. The van der Waals surface area contributed by atoms with E-state index >= 15 is 0 Å². The standard InChI is InChI=1S/C12H7BrClFO/c13-7-4-5-11(16)8(6-7)12-9(14)2-1-3-10(12)15/h1-6,16H. The number of rotatable bonds is 1. The third-order valence-electron chi connectivity index (χ3n) is 2.19. The van der Waals surface area contributed by atoms with Gasteiger partial charge < -0.3 is 5.11 Å². The number of halogens is 3. The fourth-order valence-electron chi connectivity index (χ4n) is 1.46. The molecule has 2 rings (SSSR count). The smallest absolute Gasteiger partial charge is 0.132 e. The van der Waals surface area contributed by atoms with Crippen molar-refractivity contribution in [1.82, 2.24) is 0 Å². The maximum Gasteiger partial charge on any atom is 0.132 e. The Bertz CT molecular complexity index is 522. The first-order valence-electron chi connectivity index (χ1n) is 4.52. The quantitative estimate of drug-likeness (QED) is 0.815. The van der Waals surface area contributed by atoms with Crippen LogP contribution in [0.25, 0.3) is 11.1 Å². The molecule has 0 aliphatic heterocycles. The van der Waals surface area contributed by atoms with Gasteiger partial charge in [-0.1, -0.05) is 33.6 Å². The van der Waals surface area contributed by atoms with Crippen molar-refractivity contribution in [3.8, 4) is 16.9 Å². The molecule has 0 aliphatic rings. The maximum atomic E-state index is 13.6. The van der Waals surface area contributed by atoms with Crippen molar-refractivity contribution in [2.24, 2.45) is 0 Å². The molecule has 0 heterocycles. The van der Waals surface area contributed by atoms with E-state index in [1.807, 2.05) is 0 Å². The molecule has 0 spiro atoms. The number of hydrogen-bond acceptors (Lipinski definition) is 1. The molecule has 0 radical (unpaired) electrons. The van der Waals surface area contributed by atoms with Gasteiger partial charge in [0.1, 0.15) is 11.6 Å². The Hall–Kier alpha value is -1.06. The summed E-state index contributed by atoms with van der Waals surface area (Å²) in [5.74, 6) is -0.462. The third-order valence-corrected chi connectivity index (χ3v) is 3.00. The van der Waals surface area contributed by atoms with Crippen LogP contribution in [0.15, 0.2) is 40.9 Å². The van der Waals surface area contributed by atoms with Crippen molar-refractivity contribution in [3.63, 3.8) is 0 Å². The fraction of sp³-hybridized carbons (Fsp3) is 0. The monoisotopic (exact) mass is 300 g/mol. The Kier molecular flexibility index (Phi) is 3.17. The van der Waals surface area contributed by atoms with Gasteiger partial charge >= 0.3 is 0 Å². The summed E-state index contributed by atoms with van der Waals surface area (Å²) in [5.41, 5.74) is 0.584. The molecule has 82 valence electrons. The molecule has 1 nitrogen and oxygen atoms in total. The van der Waals surface area contributed by atoms with Crippen molar-refractivity contribution in [1.29, 1.82) is 0 Å². The van der Waals surface area contributed by atoms with E-state index in [0.717, 1.165) is 4.47 Å². The first kappa shape index (κ1) is 11.4. The second-order valence-corrected chi connectivity index (χ2v) is 4.58. The highest BCUT2D eigenvalue weighted by molar-refractivity contribution is 9.10. The van der Waals surface area contributed by atoms with E-state index in [2.05, 4.69) is 15.9 Å². The second-order valence-electron chi connectivity index (χ2n) is 3.26. The molecule has 2 aromatic rings. The molecule has 4 heteroatoms. The lowest BCUT2D eigenvalue weighted by Crippen LogP contribution is -1.86. The van der Waals surface area contributed by atoms with Crippen LogP contribution < -0.4 is 0 Å². The van der Waals surface area contributed by atoms with E-state index in [0.29, 0.717) is 5.56 Å². The van der Waals surface area contributed by atoms with Gasteiger partial charge in [-0.15, -0.1) is 0 Å². The Morgan fingerprint density at radius 1 is 1.19 bits per heavy atom. The first-order valence-corrected chi connectivity index (χ1v) is 5.69. The lowest BCUT2D eigenvalue weighted by atomic mass is 10.0.